The molecule has 0 aliphatic rings. The minimum Gasteiger partial charge on any atom is -0.465 e. The van der Waals surface area contributed by atoms with Gasteiger partial charge in [-0.2, -0.15) is 0 Å². The van der Waals surface area contributed by atoms with E-state index in [-0.39, 0.29) is 18.8 Å². The van der Waals surface area contributed by atoms with Crippen LogP contribution in [0.5, 0.6) is 0 Å². The summed E-state index contributed by atoms with van der Waals surface area (Å²) >= 11 is 0. The molecule has 6 heteroatoms. The average Bonchev–Trinajstić information content (AvgIpc) is 2.25. The number of anilines is 1. The highest BCUT2D eigenvalue weighted by Crippen LogP contribution is 2.19. The quantitative estimate of drug-likeness (QED) is 0.639. The van der Waals surface area contributed by atoms with Gasteiger partial charge in [-0.25, -0.2) is 13.2 Å². The molecule has 88 valence electrons. The number of ether oxygens (including phenoxy) is 1. The van der Waals surface area contributed by atoms with Crippen molar-refractivity contribution < 1.29 is 22.7 Å². The van der Waals surface area contributed by atoms with Crippen molar-refractivity contribution in [2.45, 2.75) is 6.92 Å². The summed E-state index contributed by atoms with van der Waals surface area (Å²) in [6.07, 6.45) is 0. The minimum atomic E-state index is -1.58. The van der Waals surface area contributed by atoms with Crippen molar-refractivity contribution in [3.8, 4) is 0 Å². The van der Waals surface area contributed by atoms with Crippen molar-refractivity contribution in [1.29, 1.82) is 0 Å². The molecule has 1 N–H and O–H groups in total. The number of esters is 1. The van der Waals surface area contributed by atoms with Crippen molar-refractivity contribution >= 4 is 11.7 Å². The van der Waals surface area contributed by atoms with Crippen molar-refractivity contribution in [3.63, 3.8) is 0 Å². The van der Waals surface area contributed by atoms with E-state index in [2.05, 4.69) is 10.1 Å². The van der Waals surface area contributed by atoms with E-state index in [4.69, 9.17) is 0 Å². The molecule has 0 saturated carbocycles. The summed E-state index contributed by atoms with van der Waals surface area (Å²) in [7, 11) is 0. The first-order chi connectivity index (χ1) is 7.56. The third-order valence-electron chi connectivity index (χ3n) is 1.76. The largest absolute Gasteiger partial charge is 0.465 e. The highest BCUT2D eigenvalue weighted by molar-refractivity contribution is 5.75. The molecule has 1 aromatic rings. The van der Waals surface area contributed by atoms with Crippen LogP contribution in [0.1, 0.15) is 6.92 Å². The van der Waals surface area contributed by atoms with Crippen LogP contribution in [0.15, 0.2) is 12.1 Å². The lowest BCUT2D eigenvalue weighted by atomic mass is 10.3. The van der Waals surface area contributed by atoms with E-state index in [1.54, 1.807) is 6.92 Å². The van der Waals surface area contributed by atoms with Crippen molar-refractivity contribution in [1.82, 2.24) is 0 Å². The fourth-order valence-corrected chi connectivity index (χ4v) is 1.04. The first kappa shape index (κ1) is 12.4. The highest BCUT2D eigenvalue weighted by atomic mass is 19.2. The molecule has 0 amide bonds. The molecule has 0 fully saturated rings. The molecule has 0 aliphatic heterocycles. The smallest absolute Gasteiger partial charge is 0.325 e. The maximum Gasteiger partial charge on any atom is 0.325 e. The SMILES string of the molecule is CCOC(=O)CNc1ccc(F)c(F)c1F. The molecule has 0 unspecified atom stereocenters. The first-order valence-electron chi connectivity index (χ1n) is 4.59. The molecule has 1 aromatic carbocycles. The molecule has 0 heterocycles. The zero-order chi connectivity index (χ0) is 12.1. The number of carbonyl (C=O) groups is 1. The zero-order valence-electron chi connectivity index (χ0n) is 8.52. The lowest BCUT2D eigenvalue weighted by Crippen LogP contribution is -2.17. The molecule has 0 bridgehead atoms. The average molecular weight is 233 g/mol. The number of nitrogens with one attached hydrogen (secondary N) is 1. The number of carbonyl (C=O) groups excluding carboxylic acids is 1. The summed E-state index contributed by atoms with van der Waals surface area (Å²) in [5.74, 6) is -4.82. The molecule has 0 saturated heterocycles. The Morgan fingerprint density at radius 1 is 1.31 bits per heavy atom. The number of hydrogen-bond donors (Lipinski definition) is 1. The minimum absolute atomic E-state index is 0.195. The van der Waals surface area contributed by atoms with E-state index < -0.39 is 23.4 Å². The normalized spacial score (nSPS) is 10.0. The third-order valence-corrected chi connectivity index (χ3v) is 1.76. The zero-order valence-corrected chi connectivity index (χ0v) is 8.52. The van der Waals surface area contributed by atoms with Crippen molar-refractivity contribution in [2.75, 3.05) is 18.5 Å². The predicted octanol–water partition coefficient (Wildman–Crippen LogP) is 2.08. The standard InChI is InChI=1S/C10H10F3NO2/c1-2-16-8(15)5-14-7-4-3-6(11)9(12)10(7)13/h3-4,14H,2,5H2,1H3. The van der Waals surface area contributed by atoms with Gasteiger partial charge in [0.2, 0.25) is 0 Å². The maximum atomic E-state index is 13.1. The van der Waals surface area contributed by atoms with Gasteiger partial charge in [-0.1, -0.05) is 0 Å². The summed E-state index contributed by atoms with van der Waals surface area (Å²) in [6.45, 7) is 1.51. The molecule has 1 rings (SSSR count). The van der Waals surface area contributed by atoms with Crippen LogP contribution in [-0.4, -0.2) is 19.1 Å². The van der Waals surface area contributed by atoms with Crippen LogP contribution in [0.4, 0.5) is 18.9 Å². The van der Waals surface area contributed by atoms with E-state index in [0.29, 0.717) is 0 Å². The fourth-order valence-electron chi connectivity index (χ4n) is 1.04. The van der Waals surface area contributed by atoms with Gasteiger partial charge in [0.15, 0.2) is 17.5 Å². The van der Waals surface area contributed by atoms with Crippen LogP contribution in [-0.2, 0) is 9.53 Å². The Kier molecular flexibility index (Phi) is 4.16. The maximum absolute atomic E-state index is 13.1. The summed E-state index contributed by atoms with van der Waals surface area (Å²) < 4.78 is 42.9. The van der Waals surface area contributed by atoms with Crippen molar-refractivity contribution in [2.24, 2.45) is 0 Å². The fraction of sp³-hybridized carbons (Fsp3) is 0.300. The number of halogens is 3. The second-order valence-electron chi connectivity index (χ2n) is 2.88. The van der Waals surface area contributed by atoms with E-state index in [0.717, 1.165) is 12.1 Å². The Labute approximate surface area is 90.2 Å². The van der Waals surface area contributed by atoms with E-state index in [1.807, 2.05) is 0 Å². The Morgan fingerprint density at radius 2 is 2.00 bits per heavy atom. The Morgan fingerprint density at radius 3 is 2.62 bits per heavy atom. The van der Waals surface area contributed by atoms with Gasteiger partial charge in [-0.05, 0) is 19.1 Å². The summed E-state index contributed by atoms with van der Waals surface area (Å²) in [6, 6.07) is 1.78. The molecular weight excluding hydrogens is 223 g/mol. The summed E-state index contributed by atoms with van der Waals surface area (Å²) in [4.78, 5) is 10.9. The van der Waals surface area contributed by atoms with Crippen LogP contribution >= 0.6 is 0 Å². The van der Waals surface area contributed by atoms with Crippen molar-refractivity contribution in [3.05, 3.63) is 29.6 Å². The van der Waals surface area contributed by atoms with Gasteiger partial charge >= 0.3 is 5.97 Å². The van der Waals surface area contributed by atoms with Gasteiger partial charge < -0.3 is 10.1 Å². The van der Waals surface area contributed by atoms with E-state index in [9.17, 15) is 18.0 Å². The van der Waals surface area contributed by atoms with E-state index >= 15 is 0 Å². The lowest BCUT2D eigenvalue weighted by molar-refractivity contribution is -0.140. The van der Waals surface area contributed by atoms with Crippen LogP contribution in [0.25, 0.3) is 0 Å². The molecule has 0 aromatic heterocycles. The lowest BCUT2D eigenvalue weighted by Gasteiger charge is -2.07. The van der Waals surface area contributed by atoms with Gasteiger partial charge in [0.05, 0.1) is 12.3 Å². The summed E-state index contributed by atoms with van der Waals surface area (Å²) in [5, 5.41) is 2.31. The van der Waals surface area contributed by atoms with Crippen LogP contribution < -0.4 is 5.32 Å². The second kappa shape index (κ2) is 5.39. The number of benzene rings is 1. The molecule has 0 radical (unpaired) electrons. The van der Waals surface area contributed by atoms with Gasteiger partial charge in [-0.15, -0.1) is 0 Å². The topological polar surface area (TPSA) is 38.3 Å². The highest BCUT2D eigenvalue weighted by Gasteiger charge is 2.13. The van der Waals surface area contributed by atoms with Crippen LogP contribution in [0, 0.1) is 17.5 Å². The first-order valence-corrected chi connectivity index (χ1v) is 4.59. The number of hydrogen-bond acceptors (Lipinski definition) is 3. The second-order valence-corrected chi connectivity index (χ2v) is 2.88. The third kappa shape index (κ3) is 2.88. The predicted molar refractivity (Wildman–Crippen MR) is 51.4 cm³/mol. The van der Waals surface area contributed by atoms with E-state index in [1.165, 1.54) is 0 Å². The van der Waals surface area contributed by atoms with Crippen LogP contribution in [0.2, 0.25) is 0 Å². The number of rotatable bonds is 4. The molecule has 0 atom stereocenters. The monoisotopic (exact) mass is 233 g/mol. The van der Waals surface area contributed by atoms with Crippen LogP contribution in [0.3, 0.4) is 0 Å². The molecule has 3 nitrogen and oxygen atoms in total. The molecular formula is C10H10F3NO2. The Balaban J connectivity index is 2.68. The molecule has 0 spiro atoms. The molecule has 16 heavy (non-hydrogen) atoms. The Hall–Kier alpha value is -1.72. The van der Waals surface area contributed by atoms with Gasteiger partial charge in [-0.3, -0.25) is 4.79 Å². The van der Waals surface area contributed by atoms with Gasteiger partial charge in [0.1, 0.15) is 6.54 Å². The Bertz CT molecular complexity index is 396. The summed E-state index contributed by atoms with van der Waals surface area (Å²) in [5.41, 5.74) is -0.285. The molecule has 0 aliphatic carbocycles. The van der Waals surface area contributed by atoms with Gasteiger partial charge in [0, 0.05) is 0 Å². The van der Waals surface area contributed by atoms with Gasteiger partial charge in [0.25, 0.3) is 0 Å².